The Hall–Kier alpha value is -0.830. The summed E-state index contributed by atoms with van der Waals surface area (Å²) in [6.45, 7) is 0. The zero-order valence-electron chi connectivity index (χ0n) is 6.98. The summed E-state index contributed by atoms with van der Waals surface area (Å²) < 4.78 is 15.6. The molecular weight excluding hydrogens is 192 g/mol. The van der Waals surface area contributed by atoms with Crippen molar-refractivity contribution < 1.29 is 2.74 Å². The predicted octanol–water partition coefficient (Wildman–Crippen LogP) is 2.33. The average Bonchev–Trinajstić information content (AvgIpc) is 2.31. The first-order chi connectivity index (χ1) is 5.68. The van der Waals surface area contributed by atoms with Gasteiger partial charge in [-0.25, -0.2) is 4.98 Å². The number of hydrogen-bond acceptors (Lipinski definition) is 1. The quantitative estimate of drug-likeness (QED) is 0.692. The zero-order chi connectivity index (χ0) is 8.72. The molecular formula is C7H5BrN2. The fraction of sp³-hybridized carbons (Fsp3) is 0. The standard InChI is InChI=1S/C7H5BrN2/c8-6-3-5-1-2-9-7(5)10-4-6/h1-4H,(H,9,10)/i1D,2D. The van der Waals surface area contributed by atoms with Gasteiger partial charge in [-0.1, -0.05) is 0 Å². The SMILES string of the molecule is [2H]c1[nH]c2ncc(Br)cc2c1[2H]. The van der Waals surface area contributed by atoms with Crippen LogP contribution < -0.4 is 0 Å². The summed E-state index contributed by atoms with van der Waals surface area (Å²) in [6.07, 6.45) is 1.74. The first kappa shape index (κ1) is 4.13. The molecule has 0 spiro atoms. The van der Waals surface area contributed by atoms with Gasteiger partial charge in [-0.05, 0) is 28.0 Å². The number of nitrogens with zero attached hydrogens (tertiary/aromatic N) is 1. The van der Waals surface area contributed by atoms with Crippen LogP contribution in [0.5, 0.6) is 0 Å². The van der Waals surface area contributed by atoms with E-state index in [0.29, 0.717) is 11.0 Å². The van der Waals surface area contributed by atoms with Gasteiger partial charge in [-0.15, -0.1) is 0 Å². The van der Waals surface area contributed by atoms with Crippen molar-refractivity contribution in [1.82, 2.24) is 9.97 Å². The second-order valence-corrected chi connectivity index (χ2v) is 2.84. The van der Waals surface area contributed by atoms with Crippen LogP contribution in [0.3, 0.4) is 0 Å². The molecule has 0 aromatic carbocycles. The lowest BCUT2D eigenvalue weighted by atomic mass is 10.3. The molecule has 1 N–H and O–H groups in total. The van der Waals surface area contributed by atoms with Crippen LogP contribution in [0.15, 0.2) is 29.0 Å². The summed E-state index contributed by atoms with van der Waals surface area (Å²) >= 11 is 3.25. The average molecular weight is 199 g/mol. The topological polar surface area (TPSA) is 28.7 Å². The van der Waals surface area contributed by atoms with Gasteiger partial charge in [0.1, 0.15) is 5.65 Å². The smallest absolute Gasteiger partial charge is 0.137 e. The predicted molar refractivity (Wildman–Crippen MR) is 43.8 cm³/mol. The number of pyridine rings is 1. The van der Waals surface area contributed by atoms with E-state index in [4.69, 9.17) is 2.74 Å². The van der Waals surface area contributed by atoms with Crippen molar-refractivity contribution in [2.24, 2.45) is 0 Å². The van der Waals surface area contributed by atoms with Crippen LogP contribution in [-0.4, -0.2) is 9.97 Å². The van der Waals surface area contributed by atoms with Crippen molar-refractivity contribution in [2.45, 2.75) is 0 Å². The number of halogens is 1. The molecule has 2 aromatic heterocycles. The molecule has 0 amide bonds. The normalized spacial score (nSPS) is 13.3. The fourth-order valence-electron chi connectivity index (χ4n) is 0.792. The summed E-state index contributed by atoms with van der Waals surface area (Å²) in [6, 6.07) is 1.97. The van der Waals surface area contributed by atoms with Gasteiger partial charge in [0.2, 0.25) is 0 Å². The molecule has 0 bridgehead atoms. The maximum Gasteiger partial charge on any atom is 0.137 e. The molecule has 0 aliphatic carbocycles. The van der Waals surface area contributed by atoms with Gasteiger partial charge in [0.15, 0.2) is 0 Å². The maximum atomic E-state index is 7.49. The maximum absolute atomic E-state index is 7.49. The van der Waals surface area contributed by atoms with Crippen molar-refractivity contribution in [3.8, 4) is 0 Å². The Morgan fingerprint density at radius 3 is 3.50 bits per heavy atom. The molecule has 0 saturated heterocycles. The number of aromatic nitrogens is 2. The third-order valence-corrected chi connectivity index (χ3v) is 1.67. The second kappa shape index (κ2) is 2.09. The van der Waals surface area contributed by atoms with E-state index in [-0.39, 0.29) is 12.2 Å². The van der Waals surface area contributed by atoms with Crippen LogP contribution in [0.2, 0.25) is 0 Å². The van der Waals surface area contributed by atoms with E-state index in [1.807, 2.05) is 0 Å². The highest BCUT2D eigenvalue weighted by atomic mass is 79.9. The van der Waals surface area contributed by atoms with Crippen LogP contribution in [0, 0.1) is 0 Å². The monoisotopic (exact) mass is 198 g/mol. The van der Waals surface area contributed by atoms with Gasteiger partial charge in [-0.3, -0.25) is 0 Å². The number of H-pyrrole nitrogens is 1. The highest BCUT2D eigenvalue weighted by molar-refractivity contribution is 9.10. The van der Waals surface area contributed by atoms with E-state index < -0.39 is 0 Å². The Morgan fingerprint density at radius 1 is 1.70 bits per heavy atom. The number of fused-ring (bicyclic) bond motifs is 1. The summed E-state index contributed by atoms with van der Waals surface area (Å²) in [7, 11) is 0. The third-order valence-electron chi connectivity index (χ3n) is 1.23. The molecule has 2 nitrogen and oxygen atoms in total. The first-order valence-corrected chi connectivity index (χ1v) is 3.58. The van der Waals surface area contributed by atoms with Crippen molar-refractivity contribution in [3.63, 3.8) is 0 Å². The van der Waals surface area contributed by atoms with E-state index in [1.165, 1.54) is 0 Å². The molecule has 2 aromatic rings. The van der Waals surface area contributed by atoms with Crippen LogP contribution in [0.1, 0.15) is 2.74 Å². The number of hydrogen-bond donors (Lipinski definition) is 1. The lowest BCUT2D eigenvalue weighted by molar-refractivity contribution is 1.31. The van der Waals surface area contributed by atoms with Crippen LogP contribution >= 0.6 is 15.9 Å². The highest BCUT2D eigenvalue weighted by Gasteiger charge is 1.93. The molecule has 0 unspecified atom stereocenters. The Morgan fingerprint density at radius 2 is 2.60 bits per heavy atom. The Kier molecular flexibility index (Phi) is 0.864. The molecule has 2 rings (SSSR count). The minimum absolute atomic E-state index is 0.107. The second-order valence-electron chi connectivity index (χ2n) is 1.92. The van der Waals surface area contributed by atoms with E-state index >= 15 is 0 Å². The first-order valence-electron chi connectivity index (χ1n) is 3.79. The van der Waals surface area contributed by atoms with Crippen molar-refractivity contribution in [3.05, 3.63) is 29.0 Å². The third kappa shape index (κ3) is 0.827. The van der Waals surface area contributed by atoms with Gasteiger partial charge >= 0.3 is 0 Å². The van der Waals surface area contributed by atoms with E-state index in [1.54, 1.807) is 12.3 Å². The van der Waals surface area contributed by atoms with Gasteiger partial charge < -0.3 is 4.98 Å². The number of aromatic amines is 1. The van der Waals surface area contributed by atoms with Crippen molar-refractivity contribution >= 4 is 27.0 Å². The largest absolute Gasteiger partial charge is 0.346 e. The minimum atomic E-state index is 0.107. The van der Waals surface area contributed by atoms with Crippen molar-refractivity contribution in [2.75, 3.05) is 0 Å². The Labute approximate surface area is 69.2 Å². The van der Waals surface area contributed by atoms with Crippen LogP contribution in [0.25, 0.3) is 11.0 Å². The molecule has 0 aliphatic heterocycles. The lowest BCUT2D eigenvalue weighted by Crippen LogP contribution is -1.73. The summed E-state index contributed by atoms with van der Waals surface area (Å²) in [4.78, 5) is 6.72. The molecule has 0 saturated carbocycles. The summed E-state index contributed by atoms with van der Waals surface area (Å²) in [5.74, 6) is 0. The molecule has 0 radical (unpaired) electrons. The molecule has 0 fully saturated rings. The number of rotatable bonds is 0. The Balaban J connectivity index is 2.88. The van der Waals surface area contributed by atoms with E-state index in [2.05, 4.69) is 25.9 Å². The van der Waals surface area contributed by atoms with Gasteiger partial charge in [0.05, 0.1) is 2.74 Å². The molecule has 50 valence electrons. The van der Waals surface area contributed by atoms with Gasteiger partial charge in [-0.2, -0.15) is 0 Å². The van der Waals surface area contributed by atoms with Crippen molar-refractivity contribution in [1.29, 1.82) is 0 Å². The lowest BCUT2D eigenvalue weighted by Gasteiger charge is -1.88. The van der Waals surface area contributed by atoms with E-state index in [9.17, 15) is 0 Å². The molecule has 3 heteroatoms. The van der Waals surface area contributed by atoms with E-state index in [0.717, 1.165) is 4.47 Å². The molecule has 0 aliphatic rings. The minimum Gasteiger partial charge on any atom is -0.346 e. The molecule has 10 heavy (non-hydrogen) atoms. The zero-order valence-corrected chi connectivity index (χ0v) is 6.57. The van der Waals surface area contributed by atoms with Crippen LogP contribution in [0.4, 0.5) is 0 Å². The summed E-state index contributed by atoms with van der Waals surface area (Å²) in [5, 5.41) is 0.675. The summed E-state index contributed by atoms with van der Waals surface area (Å²) in [5.41, 5.74) is 0.591. The van der Waals surface area contributed by atoms with Gasteiger partial charge in [0, 0.05) is 22.2 Å². The molecule has 2 heterocycles. The van der Waals surface area contributed by atoms with Gasteiger partial charge in [0.25, 0.3) is 0 Å². The Bertz CT molecular complexity index is 438. The number of nitrogens with one attached hydrogen (secondary N) is 1. The van der Waals surface area contributed by atoms with Crippen LogP contribution in [-0.2, 0) is 0 Å². The highest BCUT2D eigenvalue weighted by Crippen LogP contribution is 2.14. The fourth-order valence-corrected chi connectivity index (χ4v) is 1.12. The molecule has 0 atom stereocenters.